The minimum atomic E-state index is -0.770. The van der Waals surface area contributed by atoms with Crippen LogP contribution in [0.25, 0.3) is 0 Å². The summed E-state index contributed by atoms with van der Waals surface area (Å²) in [6, 6.07) is 16.9. The Labute approximate surface area is 226 Å². The van der Waals surface area contributed by atoms with Crippen LogP contribution in [0.5, 0.6) is 0 Å². The van der Waals surface area contributed by atoms with E-state index in [-0.39, 0.29) is 38.6 Å². The van der Waals surface area contributed by atoms with E-state index >= 15 is 0 Å². The molecule has 4 rings (SSSR count). The minimum Gasteiger partial charge on any atom is -0.462 e. The Morgan fingerprint density at radius 1 is 0.865 bits per heavy atom. The normalized spacial score (nSPS) is 13.1. The summed E-state index contributed by atoms with van der Waals surface area (Å²) in [5.41, 5.74) is 1.19. The lowest BCUT2D eigenvalue weighted by atomic mass is 10.1. The molecule has 0 saturated carbocycles. The number of nitrogens with zero attached hydrogens (tertiary/aromatic N) is 1. The number of ether oxygens (including phenoxy) is 1. The number of carbonyl (C=O) groups excluding carboxylic acids is 4. The number of esters is 1. The van der Waals surface area contributed by atoms with E-state index in [9.17, 15) is 19.2 Å². The van der Waals surface area contributed by atoms with E-state index in [1.54, 1.807) is 43.3 Å². The third-order valence-corrected chi connectivity index (χ3v) is 6.11. The van der Waals surface area contributed by atoms with Crippen molar-refractivity contribution >= 4 is 75.6 Å². The Kier molecular flexibility index (Phi) is 7.83. The summed E-state index contributed by atoms with van der Waals surface area (Å²) in [6.07, 6.45) is 0. The van der Waals surface area contributed by atoms with Gasteiger partial charge in [0.2, 0.25) is 0 Å². The molecule has 1 aliphatic rings. The number of nitrogens with one attached hydrogen (secondary N) is 2. The fourth-order valence-electron chi connectivity index (χ4n) is 3.51. The first-order chi connectivity index (χ1) is 17.7. The summed E-state index contributed by atoms with van der Waals surface area (Å²) >= 11 is 18.4. The van der Waals surface area contributed by atoms with Crippen molar-refractivity contribution in [2.45, 2.75) is 6.92 Å². The average molecular weight is 559 g/mol. The number of carbonyl (C=O) groups is 4. The van der Waals surface area contributed by atoms with Crippen LogP contribution in [0.3, 0.4) is 0 Å². The van der Waals surface area contributed by atoms with E-state index in [0.29, 0.717) is 16.9 Å². The van der Waals surface area contributed by atoms with Gasteiger partial charge in [0.15, 0.2) is 0 Å². The molecule has 37 heavy (non-hydrogen) atoms. The molecule has 0 radical (unpaired) electrons. The zero-order chi connectivity index (χ0) is 26.7. The molecule has 11 heteroatoms. The molecule has 3 aromatic rings. The van der Waals surface area contributed by atoms with E-state index in [4.69, 9.17) is 39.5 Å². The van der Waals surface area contributed by atoms with Crippen LogP contribution in [0.1, 0.15) is 27.6 Å². The molecule has 0 atom stereocenters. The van der Waals surface area contributed by atoms with Gasteiger partial charge in [-0.2, -0.15) is 0 Å². The smallest absolute Gasteiger partial charge is 0.338 e. The highest BCUT2D eigenvalue weighted by Gasteiger charge is 2.40. The quantitative estimate of drug-likeness (QED) is 0.278. The molecule has 0 fully saturated rings. The van der Waals surface area contributed by atoms with E-state index in [2.05, 4.69) is 10.6 Å². The second-order valence-electron chi connectivity index (χ2n) is 7.69. The predicted molar refractivity (Wildman–Crippen MR) is 142 cm³/mol. The molecule has 3 aromatic carbocycles. The third kappa shape index (κ3) is 5.61. The van der Waals surface area contributed by atoms with Crippen molar-refractivity contribution in [1.82, 2.24) is 0 Å². The molecule has 0 unspecified atom stereocenters. The molecule has 0 bridgehead atoms. The average Bonchev–Trinajstić information content (AvgIpc) is 3.09. The van der Waals surface area contributed by atoms with Gasteiger partial charge in [-0.3, -0.25) is 14.4 Å². The highest BCUT2D eigenvalue weighted by Crippen LogP contribution is 2.35. The molecule has 0 spiro atoms. The van der Waals surface area contributed by atoms with Crippen molar-refractivity contribution in [2.75, 3.05) is 22.1 Å². The lowest BCUT2D eigenvalue weighted by molar-refractivity contribution is -0.120. The number of hydrogen-bond acceptors (Lipinski definition) is 6. The maximum Gasteiger partial charge on any atom is 0.338 e. The minimum absolute atomic E-state index is 0.0947. The zero-order valence-electron chi connectivity index (χ0n) is 19.2. The SMILES string of the molecule is CCOC(=O)c1cccc(NC(=O)c2cccc(NC3=C(Cl)C(=O)N(c4cc(Cl)ccc4Cl)C3=O)c2)c1. The maximum absolute atomic E-state index is 13.1. The summed E-state index contributed by atoms with van der Waals surface area (Å²) in [7, 11) is 0. The summed E-state index contributed by atoms with van der Waals surface area (Å²) in [5.74, 6) is -2.47. The molecule has 188 valence electrons. The van der Waals surface area contributed by atoms with Crippen LogP contribution in [0, 0.1) is 0 Å². The Hall–Kier alpha value is -3.85. The molecular formula is C26H18Cl3N3O5. The Bertz CT molecular complexity index is 1470. The largest absolute Gasteiger partial charge is 0.462 e. The molecule has 1 aliphatic heterocycles. The van der Waals surface area contributed by atoms with Gasteiger partial charge in [0, 0.05) is 22.0 Å². The van der Waals surface area contributed by atoms with E-state index in [1.807, 2.05) is 0 Å². The second-order valence-corrected chi connectivity index (χ2v) is 8.91. The van der Waals surface area contributed by atoms with Crippen LogP contribution in [-0.4, -0.2) is 30.3 Å². The van der Waals surface area contributed by atoms with Gasteiger partial charge in [0.25, 0.3) is 17.7 Å². The van der Waals surface area contributed by atoms with Gasteiger partial charge >= 0.3 is 5.97 Å². The molecular weight excluding hydrogens is 541 g/mol. The zero-order valence-corrected chi connectivity index (χ0v) is 21.4. The Morgan fingerprint density at radius 2 is 1.54 bits per heavy atom. The first-order valence-electron chi connectivity index (χ1n) is 10.9. The first-order valence-corrected chi connectivity index (χ1v) is 12.0. The molecule has 2 N–H and O–H groups in total. The predicted octanol–water partition coefficient (Wildman–Crippen LogP) is 5.86. The molecule has 1 heterocycles. The van der Waals surface area contributed by atoms with Crippen molar-refractivity contribution in [3.05, 3.63) is 98.6 Å². The van der Waals surface area contributed by atoms with Crippen molar-refractivity contribution < 1.29 is 23.9 Å². The van der Waals surface area contributed by atoms with Crippen LogP contribution >= 0.6 is 34.8 Å². The monoisotopic (exact) mass is 557 g/mol. The van der Waals surface area contributed by atoms with E-state index in [1.165, 1.54) is 30.3 Å². The fraction of sp³-hybridized carbons (Fsp3) is 0.0769. The molecule has 0 aromatic heterocycles. The van der Waals surface area contributed by atoms with Gasteiger partial charge in [-0.15, -0.1) is 0 Å². The summed E-state index contributed by atoms with van der Waals surface area (Å²) in [4.78, 5) is 51.5. The second kappa shape index (κ2) is 11.0. The molecule has 8 nitrogen and oxygen atoms in total. The topological polar surface area (TPSA) is 105 Å². The van der Waals surface area contributed by atoms with Crippen LogP contribution in [0.15, 0.2) is 77.5 Å². The Balaban J connectivity index is 1.52. The van der Waals surface area contributed by atoms with E-state index in [0.717, 1.165) is 4.90 Å². The van der Waals surface area contributed by atoms with Crippen LogP contribution in [-0.2, 0) is 14.3 Å². The number of halogens is 3. The van der Waals surface area contributed by atoms with Gasteiger partial charge in [-0.1, -0.05) is 46.9 Å². The van der Waals surface area contributed by atoms with Crippen molar-refractivity contribution in [2.24, 2.45) is 0 Å². The van der Waals surface area contributed by atoms with Crippen LogP contribution < -0.4 is 15.5 Å². The lowest BCUT2D eigenvalue weighted by Crippen LogP contribution is -2.32. The third-order valence-electron chi connectivity index (χ3n) is 5.20. The first kappa shape index (κ1) is 26.2. The summed E-state index contributed by atoms with van der Waals surface area (Å²) in [6.45, 7) is 1.93. The molecule has 0 saturated heterocycles. The van der Waals surface area contributed by atoms with Gasteiger partial charge in [-0.05, 0) is 61.5 Å². The van der Waals surface area contributed by atoms with Gasteiger partial charge < -0.3 is 15.4 Å². The number of imide groups is 1. The number of rotatable bonds is 7. The van der Waals surface area contributed by atoms with Gasteiger partial charge in [-0.25, -0.2) is 9.69 Å². The molecule has 3 amide bonds. The van der Waals surface area contributed by atoms with Crippen LogP contribution in [0.4, 0.5) is 17.1 Å². The standard InChI is InChI=1S/C26H18Cl3N3O5/c1-2-37-26(36)15-6-4-8-18(12-15)31-23(33)14-5-3-7-17(11-14)30-22-21(29)24(34)32(25(22)35)20-13-16(27)9-10-19(20)28/h3-13,30H,2H2,1H3,(H,31,33). The van der Waals surface area contributed by atoms with Gasteiger partial charge in [0.05, 0.1) is 22.9 Å². The number of benzene rings is 3. The fourth-order valence-corrected chi connectivity index (χ4v) is 4.09. The number of anilines is 3. The molecule has 0 aliphatic carbocycles. The van der Waals surface area contributed by atoms with Crippen LogP contribution in [0.2, 0.25) is 10.0 Å². The lowest BCUT2D eigenvalue weighted by Gasteiger charge is -2.17. The number of amides is 3. The van der Waals surface area contributed by atoms with E-state index < -0.39 is 23.7 Å². The summed E-state index contributed by atoms with van der Waals surface area (Å²) < 4.78 is 4.98. The van der Waals surface area contributed by atoms with Crippen molar-refractivity contribution in [3.8, 4) is 0 Å². The highest BCUT2D eigenvalue weighted by molar-refractivity contribution is 6.54. The van der Waals surface area contributed by atoms with Gasteiger partial charge in [0.1, 0.15) is 10.7 Å². The summed E-state index contributed by atoms with van der Waals surface area (Å²) in [5, 5.41) is 5.61. The maximum atomic E-state index is 13.1. The Morgan fingerprint density at radius 3 is 2.27 bits per heavy atom. The highest BCUT2D eigenvalue weighted by atomic mass is 35.5. The number of hydrogen-bond donors (Lipinski definition) is 2. The van der Waals surface area contributed by atoms with Crippen molar-refractivity contribution in [3.63, 3.8) is 0 Å². The van der Waals surface area contributed by atoms with Crippen molar-refractivity contribution in [1.29, 1.82) is 0 Å².